The highest BCUT2D eigenvalue weighted by molar-refractivity contribution is 7.08. The fraction of sp³-hybridized carbons (Fsp3) is 0.400. The van der Waals surface area contributed by atoms with E-state index in [0.29, 0.717) is 24.5 Å². The minimum atomic E-state index is -0.497. The van der Waals surface area contributed by atoms with Gasteiger partial charge in [0, 0.05) is 11.8 Å². The Hall–Kier alpha value is -2.54. The molecule has 2 heterocycles. The Morgan fingerprint density at radius 2 is 1.96 bits per heavy atom. The molecular formula is C20H23NO5S. The SMILES string of the molecule is CC(C)[C@H](NC(=O)COC(=O)c1ccsc1)c1ccc2c(c1)OCCCO2. The predicted molar refractivity (Wildman–Crippen MR) is 102 cm³/mol. The van der Waals surface area contributed by atoms with Crippen LogP contribution in [0.4, 0.5) is 0 Å². The average molecular weight is 389 g/mol. The molecule has 3 rings (SSSR count). The minimum Gasteiger partial charge on any atom is -0.490 e. The van der Waals surface area contributed by atoms with Crippen molar-refractivity contribution in [2.75, 3.05) is 19.8 Å². The third-order valence-electron chi connectivity index (χ3n) is 4.21. The lowest BCUT2D eigenvalue weighted by atomic mass is 9.95. The van der Waals surface area contributed by atoms with Gasteiger partial charge in [0.1, 0.15) is 0 Å². The van der Waals surface area contributed by atoms with Gasteiger partial charge in [-0.25, -0.2) is 4.79 Å². The first-order valence-corrected chi connectivity index (χ1v) is 9.87. The Kier molecular flexibility index (Phi) is 6.34. The fourth-order valence-corrected chi connectivity index (χ4v) is 3.44. The number of hydrogen-bond acceptors (Lipinski definition) is 6. The number of carbonyl (C=O) groups is 2. The molecule has 7 heteroatoms. The smallest absolute Gasteiger partial charge is 0.339 e. The number of ether oxygens (including phenoxy) is 3. The van der Waals surface area contributed by atoms with Crippen molar-refractivity contribution in [3.63, 3.8) is 0 Å². The predicted octanol–water partition coefficient (Wildman–Crippen LogP) is 3.58. The third kappa shape index (κ3) is 5.01. The number of rotatable bonds is 6. The molecule has 1 aliphatic rings. The molecule has 0 saturated heterocycles. The zero-order valence-electron chi connectivity index (χ0n) is 15.4. The second-order valence-electron chi connectivity index (χ2n) is 6.63. The second-order valence-corrected chi connectivity index (χ2v) is 7.41. The molecule has 144 valence electrons. The normalized spacial score (nSPS) is 14.3. The highest BCUT2D eigenvalue weighted by atomic mass is 32.1. The fourth-order valence-electron chi connectivity index (χ4n) is 2.82. The van der Waals surface area contributed by atoms with Crippen molar-refractivity contribution in [2.24, 2.45) is 5.92 Å². The van der Waals surface area contributed by atoms with E-state index in [9.17, 15) is 9.59 Å². The van der Waals surface area contributed by atoms with Crippen LogP contribution in [0.3, 0.4) is 0 Å². The van der Waals surface area contributed by atoms with Crippen LogP contribution in [0, 0.1) is 5.92 Å². The van der Waals surface area contributed by atoms with Gasteiger partial charge in [0.05, 0.1) is 24.8 Å². The number of thiophene rings is 1. The Bertz CT molecular complexity index is 788. The van der Waals surface area contributed by atoms with E-state index in [1.807, 2.05) is 32.0 Å². The van der Waals surface area contributed by atoms with Crippen molar-refractivity contribution in [3.8, 4) is 11.5 Å². The van der Waals surface area contributed by atoms with Gasteiger partial charge in [-0.1, -0.05) is 19.9 Å². The van der Waals surface area contributed by atoms with E-state index in [4.69, 9.17) is 14.2 Å². The molecule has 2 aromatic rings. The molecule has 0 spiro atoms. The maximum Gasteiger partial charge on any atom is 0.339 e. The zero-order chi connectivity index (χ0) is 19.2. The lowest BCUT2D eigenvalue weighted by Gasteiger charge is -2.23. The van der Waals surface area contributed by atoms with Crippen LogP contribution in [-0.4, -0.2) is 31.7 Å². The topological polar surface area (TPSA) is 73.9 Å². The van der Waals surface area contributed by atoms with Crippen LogP contribution in [0.25, 0.3) is 0 Å². The molecule has 1 aromatic carbocycles. The van der Waals surface area contributed by atoms with E-state index in [1.165, 1.54) is 11.3 Å². The number of benzene rings is 1. The highest BCUT2D eigenvalue weighted by Crippen LogP contribution is 2.34. The number of esters is 1. The van der Waals surface area contributed by atoms with Crippen molar-refractivity contribution in [1.29, 1.82) is 0 Å². The van der Waals surface area contributed by atoms with Crippen LogP contribution < -0.4 is 14.8 Å². The van der Waals surface area contributed by atoms with E-state index < -0.39 is 5.97 Å². The number of amides is 1. The van der Waals surface area contributed by atoms with Gasteiger partial charge in [0.25, 0.3) is 5.91 Å². The summed E-state index contributed by atoms with van der Waals surface area (Å²) in [6, 6.07) is 7.14. The van der Waals surface area contributed by atoms with Gasteiger partial charge in [0.15, 0.2) is 18.1 Å². The first-order valence-electron chi connectivity index (χ1n) is 8.93. The van der Waals surface area contributed by atoms with E-state index in [-0.39, 0.29) is 24.5 Å². The summed E-state index contributed by atoms with van der Waals surface area (Å²) in [4.78, 5) is 24.2. The summed E-state index contributed by atoms with van der Waals surface area (Å²) in [6.07, 6.45) is 0.837. The van der Waals surface area contributed by atoms with Crippen LogP contribution in [0.2, 0.25) is 0 Å². The highest BCUT2D eigenvalue weighted by Gasteiger charge is 2.22. The van der Waals surface area contributed by atoms with Crippen molar-refractivity contribution in [1.82, 2.24) is 5.32 Å². The Morgan fingerprint density at radius 1 is 1.19 bits per heavy atom. The second kappa shape index (κ2) is 8.90. The Balaban J connectivity index is 1.64. The molecule has 0 radical (unpaired) electrons. The largest absolute Gasteiger partial charge is 0.490 e. The standard InChI is InChI=1S/C20H23NO5S/c1-13(2)19(14-4-5-16-17(10-14)25-8-3-7-24-16)21-18(22)11-26-20(23)15-6-9-27-12-15/h4-6,9-10,12-13,19H,3,7-8,11H2,1-2H3,(H,21,22)/t19-/m0/s1. The van der Waals surface area contributed by atoms with Crippen molar-refractivity contribution in [3.05, 3.63) is 46.2 Å². The summed E-state index contributed by atoms with van der Waals surface area (Å²) in [5, 5.41) is 6.42. The van der Waals surface area contributed by atoms with Gasteiger partial charge in [-0.3, -0.25) is 4.79 Å². The molecule has 0 bridgehead atoms. The number of fused-ring (bicyclic) bond motifs is 1. The number of carbonyl (C=O) groups excluding carboxylic acids is 2. The Labute approximate surface area is 162 Å². The summed E-state index contributed by atoms with van der Waals surface area (Å²) in [7, 11) is 0. The lowest BCUT2D eigenvalue weighted by molar-refractivity contribution is -0.125. The van der Waals surface area contributed by atoms with Crippen LogP contribution in [0.5, 0.6) is 11.5 Å². The molecule has 0 fully saturated rings. The van der Waals surface area contributed by atoms with Crippen LogP contribution in [-0.2, 0) is 9.53 Å². The first kappa shape index (κ1) is 19.2. The molecule has 1 amide bonds. The number of nitrogens with one attached hydrogen (secondary N) is 1. The maximum atomic E-state index is 12.3. The van der Waals surface area contributed by atoms with Crippen LogP contribution in [0.15, 0.2) is 35.0 Å². The lowest BCUT2D eigenvalue weighted by Crippen LogP contribution is -2.35. The molecule has 1 aromatic heterocycles. The molecule has 0 aliphatic carbocycles. The molecule has 1 atom stereocenters. The van der Waals surface area contributed by atoms with Crippen molar-refractivity contribution >= 4 is 23.2 Å². The van der Waals surface area contributed by atoms with Crippen LogP contribution in [0.1, 0.15) is 42.2 Å². The monoisotopic (exact) mass is 389 g/mol. The molecular weight excluding hydrogens is 366 g/mol. The molecule has 1 aliphatic heterocycles. The van der Waals surface area contributed by atoms with E-state index >= 15 is 0 Å². The molecule has 0 unspecified atom stereocenters. The average Bonchev–Trinajstić information content (AvgIpc) is 3.09. The van der Waals surface area contributed by atoms with Gasteiger partial charge in [-0.15, -0.1) is 0 Å². The summed E-state index contributed by atoms with van der Waals surface area (Å²) >= 11 is 1.40. The number of hydrogen-bond donors (Lipinski definition) is 1. The van der Waals surface area contributed by atoms with Gasteiger partial charge >= 0.3 is 5.97 Å². The van der Waals surface area contributed by atoms with Crippen molar-refractivity contribution in [2.45, 2.75) is 26.3 Å². The van der Waals surface area contributed by atoms with Gasteiger partial charge in [-0.05, 0) is 35.1 Å². The molecule has 6 nitrogen and oxygen atoms in total. The summed E-state index contributed by atoms with van der Waals surface area (Å²) in [6.45, 7) is 4.96. The van der Waals surface area contributed by atoms with E-state index in [0.717, 1.165) is 17.7 Å². The maximum absolute atomic E-state index is 12.3. The van der Waals surface area contributed by atoms with E-state index in [2.05, 4.69) is 5.32 Å². The summed E-state index contributed by atoms with van der Waals surface area (Å²) in [5.41, 5.74) is 1.38. The van der Waals surface area contributed by atoms with Gasteiger partial charge in [-0.2, -0.15) is 11.3 Å². The minimum absolute atomic E-state index is 0.145. The molecule has 1 N–H and O–H groups in total. The zero-order valence-corrected chi connectivity index (χ0v) is 16.2. The van der Waals surface area contributed by atoms with Gasteiger partial charge in [0.2, 0.25) is 0 Å². The van der Waals surface area contributed by atoms with E-state index in [1.54, 1.807) is 16.8 Å². The summed E-state index contributed by atoms with van der Waals surface area (Å²) < 4.78 is 16.5. The van der Waals surface area contributed by atoms with Gasteiger partial charge < -0.3 is 19.5 Å². The first-order chi connectivity index (χ1) is 13.0. The third-order valence-corrected chi connectivity index (χ3v) is 4.89. The Morgan fingerprint density at radius 3 is 2.67 bits per heavy atom. The molecule has 27 heavy (non-hydrogen) atoms. The molecule has 0 saturated carbocycles. The van der Waals surface area contributed by atoms with Crippen LogP contribution >= 0.6 is 11.3 Å². The summed E-state index contributed by atoms with van der Waals surface area (Å²) in [5.74, 6) is 0.710. The quantitative estimate of drug-likeness (QED) is 0.765. The van der Waals surface area contributed by atoms with Crippen molar-refractivity contribution < 1.29 is 23.8 Å².